The molecule has 0 bridgehead atoms. The van der Waals surface area contributed by atoms with E-state index < -0.39 is 10.0 Å². The van der Waals surface area contributed by atoms with Crippen molar-refractivity contribution < 1.29 is 12.9 Å². The van der Waals surface area contributed by atoms with E-state index in [1.807, 2.05) is 18.2 Å². The quantitative estimate of drug-likeness (QED) is 0.647. The molecule has 8 nitrogen and oxygen atoms in total. The Morgan fingerprint density at radius 2 is 1.96 bits per heavy atom. The van der Waals surface area contributed by atoms with Gasteiger partial charge in [0.05, 0.1) is 6.33 Å². The molecule has 0 amide bonds. The van der Waals surface area contributed by atoms with Gasteiger partial charge in [-0.05, 0) is 37.8 Å². The molecule has 0 aliphatic carbocycles. The molecular formula is C19H22N4O4S. The average Bonchev–Trinajstić information content (AvgIpc) is 3.08. The molecule has 28 heavy (non-hydrogen) atoms. The van der Waals surface area contributed by atoms with Crippen molar-refractivity contribution in [2.75, 3.05) is 13.1 Å². The topological polar surface area (TPSA) is 98.3 Å². The Hall–Kier alpha value is -2.52. The van der Waals surface area contributed by atoms with Gasteiger partial charge in [0.25, 0.3) is 5.56 Å². The Labute approximate surface area is 162 Å². The van der Waals surface area contributed by atoms with E-state index in [9.17, 15) is 13.2 Å². The van der Waals surface area contributed by atoms with E-state index in [2.05, 4.69) is 10.1 Å². The van der Waals surface area contributed by atoms with Crippen molar-refractivity contribution >= 4 is 21.0 Å². The van der Waals surface area contributed by atoms with Crippen molar-refractivity contribution in [3.63, 3.8) is 0 Å². The van der Waals surface area contributed by atoms with Crippen molar-refractivity contribution in [1.82, 2.24) is 19.0 Å². The van der Waals surface area contributed by atoms with E-state index in [0.717, 1.165) is 5.39 Å². The fraction of sp³-hybridized carbons (Fsp3) is 0.421. The highest BCUT2D eigenvalue weighted by Gasteiger charge is 2.30. The van der Waals surface area contributed by atoms with Crippen molar-refractivity contribution in [3.05, 3.63) is 58.4 Å². The summed E-state index contributed by atoms with van der Waals surface area (Å²) in [7, 11) is -3.48. The summed E-state index contributed by atoms with van der Waals surface area (Å²) in [5.41, 5.74) is 1.60. The van der Waals surface area contributed by atoms with Crippen molar-refractivity contribution in [2.45, 2.75) is 32.1 Å². The Morgan fingerprint density at radius 1 is 1.21 bits per heavy atom. The maximum absolute atomic E-state index is 12.8. The largest absolute Gasteiger partial charge is 0.356 e. The van der Waals surface area contributed by atoms with Crippen molar-refractivity contribution in [2.24, 2.45) is 5.92 Å². The lowest BCUT2D eigenvalue weighted by atomic mass is 9.98. The van der Waals surface area contributed by atoms with E-state index in [0.29, 0.717) is 49.3 Å². The molecule has 9 heteroatoms. The zero-order valence-corrected chi connectivity index (χ0v) is 16.4. The molecule has 1 aliphatic heterocycles. The molecule has 0 spiro atoms. The van der Waals surface area contributed by atoms with Crippen LogP contribution < -0.4 is 5.56 Å². The molecule has 0 radical (unpaired) electrons. The van der Waals surface area contributed by atoms with Crippen LogP contribution in [0.3, 0.4) is 0 Å². The molecule has 0 saturated carbocycles. The van der Waals surface area contributed by atoms with Gasteiger partial charge in [-0.25, -0.2) is 17.7 Å². The second kappa shape index (κ2) is 7.48. The second-order valence-electron chi connectivity index (χ2n) is 7.26. The summed E-state index contributed by atoms with van der Waals surface area (Å²) in [6.45, 7) is 3.19. The van der Waals surface area contributed by atoms with Crippen LogP contribution in [0.4, 0.5) is 0 Å². The molecule has 1 aromatic carbocycles. The summed E-state index contributed by atoms with van der Waals surface area (Å²) in [4.78, 5) is 16.2. The number of piperidine rings is 1. The smallest absolute Gasteiger partial charge is 0.256 e. The SMILES string of the molecule is Cc1cncn(CC2CCN(S(=O)(=O)Cc3noc4ccccc34)CC2)c1=O. The first-order chi connectivity index (χ1) is 13.4. The maximum atomic E-state index is 12.8. The lowest BCUT2D eigenvalue weighted by molar-refractivity contribution is 0.250. The van der Waals surface area contributed by atoms with Crippen LogP contribution in [0.25, 0.3) is 11.0 Å². The standard InChI is InChI=1S/C19H22N4O4S/c1-14-10-20-13-22(19(14)24)11-15-6-8-23(9-7-15)28(25,26)12-17-16-4-2-3-5-18(16)27-21-17/h2-5,10,13,15H,6-9,11-12H2,1H3. The van der Waals surface area contributed by atoms with Crippen molar-refractivity contribution in [3.8, 4) is 0 Å². The molecule has 0 unspecified atom stereocenters. The third-order valence-electron chi connectivity index (χ3n) is 5.27. The van der Waals surface area contributed by atoms with E-state index in [4.69, 9.17) is 4.52 Å². The van der Waals surface area contributed by atoms with Crippen LogP contribution in [0.15, 0.2) is 46.1 Å². The predicted octanol–water partition coefficient (Wildman–Crippen LogP) is 1.93. The van der Waals surface area contributed by atoms with Gasteiger partial charge in [-0.1, -0.05) is 17.3 Å². The molecule has 0 atom stereocenters. The van der Waals surface area contributed by atoms with Gasteiger partial charge in [0.2, 0.25) is 10.0 Å². The molecule has 2 aromatic heterocycles. The van der Waals surface area contributed by atoms with E-state index >= 15 is 0 Å². The number of sulfonamides is 1. The molecule has 4 rings (SSSR count). The number of benzene rings is 1. The van der Waals surface area contributed by atoms with Crippen LogP contribution in [-0.2, 0) is 22.3 Å². The number of aryl methyl sites for hydroxylation is 1. The Bertz CT molecular complexity index is 1140. The van der Waals surface area contributed by atoms with Gasteiger partial charge in [0.15, 0.2) is 5.58 Å². The molecule has 1 saturated heterocycles. The summed E-state index contributed by atoms with van der Waals surface area (Å²) >= 11 is 0. The lowest BCUT2D eigenvalue weighted by Crippen LogP contribution is -2.40. The number of hydrogen-bond acceptors (Lipinski definition) is 6. The van der Waals surface area contributed by atoms with Crippen LogP contribution >= 0.6 is 0 Å². The number of rotatable bonds is 5. The highest BCUT2D eigenvalue weighted by atomic mass is 32.2. The number of fused-ring (bicyclic) bond motifs is 1. The minimum absolute atomic E-state index is 0.0389. The van der Waals surface area contributed by atoms with E-state index in [-0.39, 0.29) is 17.2 Å². The fourth-order valence-electron chi connectivity index (χ4n) is 3.64. The highest BCUT2D eigenvalue weighted by Crippen LogP contribution is 2.25. The number of hydrogen-bond donors (Lipinski definition) is 0. The predicted molar refractivity (Wildman–Crippen MR) is 104 cm³/mol. The van der Waals surface area contributed by atoms with Gasteiger partial charge in [0.1, 0.15) is 11.4 Å². The molecular weight excluding hydrogens is 380 g/mol. The van der Waals surface area contributed by atoms with Crippen LogP contribution in [0, 0.1) is 12.8 Å². The Balaban J connectivity index is 1.41. The monoisotopic (exact) mass is 402 g/mol. The fourth-order valence-corrected chi connectivity index (χ4v) is 5.15. The van der Waals surface area contributed by atoms with Gasteiger partial charge in [-0.15, -0.1) is 0 Å². The average molecular weight is 402 g/mol. The van der Waals surface area contributed by atoms with Crippen LogP contribution in [-0.4, -0.2) is 40.5 Å². The van der Waals surface area contributed by atoms with E-state index in [1.54, 1.807) is 30.1 Å². The van der Waals surface area contributed by atoms with Gasteiger partial charge in [0, 0.05) is 36.8 Å². The molecule has 3 heterocycles. The first-order valence-electron chi connectivity index (χ1n) is 9.26. The summed E-state index contributed by atoms with van der Waals surface area (Å²) in [6.07, 6.45) is 4.52. The summed E-state index contributed by atoms with van der Waals surface area (Å²) in [5.74, 6) is 0.0799. The van der Waals surface area contributed by atoms with Gasteiger partial charge in [-0.3, -0.25) is 9.36 Å². The Kier molecular flexibility index (Phi) is 5.03. The number of aromatic nitrogens is 3. The van der Waals surface area contributed by atoms with Crippen LogP contribution in [0.5, 0.6) is 0 Å². The first-order valence-corrected chi connectivity index (χ1v) is 10.9. The van der Waals surface area contributed by atoms with E-state index in [1.165, 1.54) is 4.31 Å². The molecule has 148 valence electrons. The van der Waals surface area contributed by atoms with Gasteiger partial charge >= 0.3 is 0 Å². The second-order valence-corrected chi connectivity index (χ2v) is 9.23. The third kappa shape index (κ3) is 3.72. The lowest BCUT2D eigenvalue weighted by Gasteiger charge is -2.31. The van der Waals surface area contributed by atoms with Crippen molar-refractivity contribution in [1.29, 1.82) is 0 Å². The third-order valence-corrected chi connectivity index (χ3v) is 7.06. The maximum Gasteiger partial charge on any atom is 0.256 e. The zero-order valence-electron chi connectivity index (χ0n) is 15.6. The summed E-state index contributed by atoms with van der Waals surface area (Å²) in [6, 6.07) is 7.25. The van der Waals surface area contributed by atoms with Gasteiger partial charge in [-0.2, -0.15) is 0 Å². The normalized spacial score (nSPS) is 16.6. The zero-order chi connectivity index (χ0) is 19.7. The minimum atomic E-state index is -3.48. The molecule has 1 fully saturated rings. The number of para-hydroxylation sites is 1. The summed E-state index contributed by atoms with van der Waals surface area (Å²) in [5, 5.41) is 4.67. The minimum Gasteiger partial charge on any atom is -0.356 e. The first kappa shape index (κ1) is 18.8. The number of nitrogens with zero attached hydrogens (tertiary/aromatic N) is 4. The van der Waals surface area contributed by atoms with Crippen LogP contribution in [0.1, 0.15) is 24.1 Å². The highest BCUT2D eigenvalue weighted by molar-refractivity contribution is 7.88. The molecule has 3 aromatic rings. The Morgan fingerprint density at radius 3 is 2.75 bits per heavy atom. The molecule has 1 aliphatic rings. The molecule has 0 N–H and O–H groups in total. The summed E-state index contributed by atoms with van der Waals surface area (Å²) < 4.78 is 34.0. The van der Waals surface area contributed by atoms with Crippen LogP contribution in [0.2, 0.25) is 0 Å². The van der Waals surface area contributed by atoms with Gasteiger partial charge < -0.3 is 4.52 Å².